The lowest BCUT2D eigenvalue weighted by molar-refractivity contribution is -0.129. The summed E-state index contributed by atoms with van der Waals surface area (Å²) in [6.45, 7) is 9.12. The summed E-state index contributed by atoms with van der Waals surface area (Å²) in [6.07, 6.45) is 2.39. The normalized spacial score (nSPS) is 18.3. The Bertz CT molecular complexity index is 554. The smallest absolute Gasteiger partial charge is 0.225 e. The summed E-state index contributed by atoms with van der Waals surface area (Å²) < 4.78 is 0. The van der Waals surface area contributed by atoms with Crippen LogP contribution in [0.1, 0.15) is 49.2 Å². The third-order valence-electron chi connectivity index (χ3n) is 3.98. The lowest BCUT2D eigenvalue weighted by Crippen LogP contribution is -2.35. The fraction of sp³-hybridized carbons (Fsp3) is 0.688. The molecule has 2 heterocycles. The maximum Gasteiger partial charge on any atom is 0.225 e. The molecule has 0 aliphatic carbocycles. The summed E-state index contributed by atoms with van der Waals surface area (Å²) in [5.41, 5.74) is 1.00. The van der Waals surface area contributed by atoms with Crippen molar-refractivity contribution in [3.8, 4) is 0 Å². The van der Waals surface area contributed by atoms with Gasteiger partial charge in [-0.05, 0) is 33.6 Å². The molecular weight excluding hydrogens is 298 g/mol. The number of carbonyl (C=O) groups is 2. The van der Waals surface area contributed by atoms with Crippen molar-refractivity contribution in [2.24, 2.45) is 5.92 Å². The van der Waals surface area contributed by atoms with Crippen LogP contribution in [-0.4, -0.2) is 34.3 Å². The van der Waals surface area contributed by atoms with Crippen LogP contribution >= 0.6 is 11.3 Å². The minimum Gasteiger partial charge on any atom is -0.351 e. The first kappa shape index (κ1) is 16.9. The number of hydrogen-bond donors (Lipinski definition) is 1. The van der Waals surface area contributed by atoms with Crippen LogP contribution in [-0.2, 0) is 22.6 Å². The van der Waals surface area contributed by atoms with Gasteiger partial charge in [0.1, 0.15) is 0 Å². The molecule has 122 valence electrons. The highest BCUT2D eigenvalue weighted by Crippen LogP contribution is 2.22. The Morgan fingerprint density at radius 1 is 1.50 bits per heavy atom. The summed E-state index contributed by atoms with van der Waals surface area (Å²) in [7, 11) is 0. The van der Waals surface area contributed by atoms with Gasteiger partial charge in [0.25, 0.3) is 0 Å². The third kappa shape index (κ3) is 3.85. The molecule has 0 bridgehead atoms. The van der Waals surface area contributed by atoms with Gasteiger partial charge in [0.2, 0.25) is 11.8 Å². The van der Waals surface area contributed by atoms with E-state index in [0.717, 1.165) is 28.4 Å². The predicted octanol–water partition coefficient (Wildman–Crippen LogP) is 2.28. The average molecular weight is 323 g/mol. The number of amides is 2. The molecule has 1 atom stereocenters. The van der Waals surface area contributed by atoms with E-state index in [9.17, 15) is 9.59 Å². The number of likely N-dealkylation sites (tertiary alicyclic amines) is 1. The Morgan fingerprint density at radius 3 is 2.82 bits per heavy atom. The van der Waals surface area contributed by atoms with Crippen LogP contribution in [0.15, 0.2) is 0 Å². The van der Waals surface area contributed by atoms with Crippen LogP contribution in [0.25, 0.3) is 0 Å². The monoisotopic (exact) mass is 323 g/mol. The van der Waals surface area contributed by atoms with E-state index in [2.05, 4.69) is 17.2 Å². The molecule has 1 aromatic rings. The second-order valence-electron chi connectivity index (χ2n) is 6.12. The van der Waals surface area contributed by atoms with Gasteiger partial charge in [-0.1, -0.05) is 6.92 Å². The number of nitrogens with zero attached hydrogens (tertiary/aromatic N) is 2. The van der Waals surface area contributed by atoms with Gasteiger partial charge in [0.05, 0.1) is 23.2 Å². The van der Waals surface area contributed by atoms with Crippen molar-refractivity contribution in [1.82, 2.24) is 15.2 Å². The van der Waals surface area contributed by atoms with Gasteiger partial charge < -0.3 is 10.2 Å². The quantitative estimate of drug-likeness (QED) is 0.873. The van der Waals surface area contributed by atoms with Crippen LogP contribution < -0.4 is 5.32 Å². The van der Waals surface area contributed by atoms with E-state index in [-0.39, 0.29) is 23.8 Å². The molecule has 0 spiro atoms. The summed E-state index contributed by atoms with van der Waals surface area (Å²) in [5, 5.41) is 4.10. The Kier molecular flexibility index (Phi) is 5.56. The Balaban J connectivity index is 1.89. The molecule has 0 saturated carbocycles. The van der Waals surface area contributed by atoms with Crippen LogP contribution in [0.5, 0.6) is 0 Å². The molecule has 1 unspecified atom stereocenters. The SMILES string of the molecule is CCCc1nc(C)c(CNC(=O)C2CC(=O)N(C(C)C)C2)s1. The first-order valence-electron chi connectivity index (χ1n) is 7.94. The van der Waals surface area contributed by atoms with Crippen LogP contribution in [0, 0.1) is 12.8 Å². The van der Waals surface area contributed by atoms with E-state index in [1.807, 2.05) is 20.8 Å². The van der Waals surface area contributed by atoms with Gasteiger partial charge in [-0.3, -0.25) is 9.59 Å². The van der Waals surface area contributed by atoms with Crippen molar-refractivity contribution in [2.45, 2.75) is 59.5 Å². The van der Waals surface area contributed by atoms with Crippen molar-refractivity contribution >= 4 is 23.2 Å². The highest BCUT2D eigenvalue weighted by atomic mass is 32.1. The Labute approximate surface area is 136 Å². The van der Waals surface area contributed by atoms with Crippen molar-refractivity contribution in [1.29, 1.82) is 0 Å². The van der Waals surface area contributed by atoms with Crippen molar-refractivity contribution in [3.05, 3.63) is 15.6 Å². The minimum atomic E-state index is -0.224. The largest absolute Gasteiger partial charge is 0.351 e. The standard InChI is InChI=1S/C16H25N3O2S/c1-5-6-14-18-11(4)13(22-14)8-17-16(21)12-7-15(20)19(9-12)10(2)3/h10,12H,5-9H2,1-4H3,(H,17,21). The molecule has 0 aromatic carbocycles. The first-order chi connectivity index (χ1) is 10.4. The number of aryl methyl sites for hydroxylation is 2. The molecule has 5 nitrogen and oxygen atoms in total. The van der Waals surface area contributed by atoms with E-state index < -0.39 is 0 Å². The van der Waals surface area contributed by atoms with Crippen LogP contribution in [0.2, 0.25) is 0 Å². The Hall–Kier alpha value is -1.43. The zero-order valence-corrected chi connectivity index (χ0v) is 14.6. The highest BCUT2D eigenvalue weighted by Gasteiger charge is 2.35. The topological polar surface area (TPSA) is 62.3 Å². The van der Waals surface area contributed by atoms with Crippen molar-refractivity contribution in [3.63, 3.8) is 0 Å². The lowest BCUT2D eigenvalue weighted by atomic mass is 10.1. The van der Waals surface area contributed by atoms with Crippen LogP contribution in [0.3, 0.4) is 0 Å². The van der Waals surface area contributed by atoms with Gasteiger partial charge in [0, 0.05) is 23.9 Å². The summed E-state index contributed by atoms with van der Waals surface area (Å²) in [5.74, 6) is -0.172. The number of hydrogen-bond acceptors (Lipinski definition) is 4. The molecule has 2 amide bonds. The van der Waals surface area contributed by atoms with Crippen molar-refractivity contribution < 1.29 is 9.59 Å². The van der Waals surface area contributed by atoms with Gasteiger partial charge in [0.15, 0.2) is 0 Å². The zero-order chi connectivity index (χ0) is 16.3. The predicted molar refractivity (Wildman–Crippen MR) is 87.6 cm³/mol. The van der Waals surface area contributed by atoms with E-state index in [0.29, 0.717) is 19.5 Å². The third-order valence-corrected chi connectivity index (χ3v) is 5.19. The number of carbonyl (C=O) groups excluding carboxylic acids is 2. The van der Waals surface area contributed by atoms with E-state index in [1.54, 1.807) is 16.2 Å². The maximum absolute atomic E-state index is 12.3. The summed E-state index contributed by atoms with van der Waals surface area (Å²) in [6, 6.07) is 0.158. The van der Waals surface area contributed by atoms with Crippen molar-refractivity contribution in [2.75, 3.05) is 6.54 Å². The highest BCUT2D eigenvalue weighted by molar-refractivity contribution is 7.11. The first-order valence-corrected chi connectivity index (χ1v) is 8.76. The molecule has 1 fully saturated rings. The summed E-state index contributed by atoms with van der Waals surface area (Å²) >= 11 is 1.67. The Morgan fingerprint density at radius 2 is 2.23 bits per heavy atom. The number of nitrogens with one attached hydrogen (secondary N) is 1. The fourth-order valence-electron chi connectivity index (χ4n) is 2.69. The molecule has 0 radical (unpaired) electrons. The number of thiazole rings is 1. The molecule has 1 N–H and O–H groups in total. The molecule has 22 heavy (non-hydrogen) atoms. The second kappa shape index (κ2) is 7.22. The molecule has 2 rings (SSSR count). The fourth-order valence-corrected chi connectivity index (χ4v) is 3.80. The average Bonchev–Trinajstić information content (AvgIpc) is 3.00. The molecule has 6 heteroatoms. The molecular formula is C16H25N3O2S. The van der Waals surface area contributed by atoms with Crippen LogP contribution in [0.4, 0.5) is 0 Å². The number of aromatic nitrogens is 1. The molecule has 1 saturated heterocycles. The maximum atomic E-state index is 12.3. The van der Waals surface area contributed by atoms with E-state index >= 15 is 0 Å². The van der Waals surface area contributed by atoms with Gasteiger partial charge in [-0.25, -0.2) is 4.98 Å². The minimum absolute atomic E-state index is 0.0265. The second-order valence-corrected chi connectivity index (χ2v) is 7.29. The van der Waals surface area contributed by atoms with Gasteiger partial charge >= 0.3 is 0 Å². The molecule has 1 aliphatic rings. The van der Waals surface area contributed by atoms with E-state index in [4.69, 9.17) is 0 Å². The lowest BCUT2D eigenvalue weighted by Gasteiger charge is -2.20. The number of rotatable bonds is 6. The van der Waals surface area contributed by atoms with Gasteiger partial charge in [-0.2, -0.15) is 0 Å². The van der Waals surface area contributed by atoms with Gasteiger partial charge in [-0.15, -0.1) is 11.3 Å². The molecule has 1 aromatic heterocycles. The molecule has 1 aliphatic heterocycles. The zero-order valence-electron chi connectivity index (χ0n) is 13.8. The van der Waals surface area contributed by atoms with E-state index in [1.165, 1.54) is 0 Å². The summed E-state index contributed by atoms with van der Waals surface area (Å²) in [4.78, 5) is 31.6.